The van der Waals surface area contributed by atoms with E-state index in [1.165, 1.54) is 23.8 Å². The van der Waals surface area contributed by atoms with Crippen LogP contribution in [-0.2, 0) is 22.6 Å². The summed E-state index contributed by atoms with van der Waals surface area (Å²) >= 11 is 0. The number of nitriles is 2. The van der Waals surface area contributed by atoms with E-state index in [1.807, 2.05) is 12.1 Å². The van der Waals surface area contributed by atoms with E-state index in [4.69, 9.17) is 10.00 Å². The molecule has 2 N–H and O–H groups in total. The number of hydrogen-bond acceptors (Lipinski definition) is 7. The molecule has 1 unspecified atom stereocenters. The Labute approximate surface area is 195 Å². The lowest BCUT2D eigenvalue weighted by atomic mass is 9.89. The molecule has 1 aliphatic heterocycles. The van der Waals surface area contributed by atoms with Gasteiger partial charge in [0.2, 0.25) is 15.9 Å². The first-order chi connectivity index (χ1) is 16.2. The Bertz CT molecular complexity index is 1580. The Morgan fingerprint density at radius 3 is 2.59 bits per heavy atom. The predicted octanol–water partition coefficient (Wildman–Crippen LogP) is 1.79. The molecule has 0 spiro atoms. The number of ether oxygens (including phenoxy) is 1. The van der Waals surface area contributed by atoms with E-state index in [2.05, 4.69) is 14.7 Å². The van der Waals surface area contributed by atoms with E-state index < -0.39 is 15.6 Å². The number of benzene rings is 1. The van der Waals surface area contributed by atoms with Crippen LogP contribution < -0.4 is 15.0 Å². The van der Waals surface area contributed by atoms with Crippen molar-refractivity contribution in [3.05, 3.63) is 75.9 Å². The van der Waals surface area contributed by atoms with Gasteiger partial charge in [0, 0.05) is 18.8 Å². The largest absolute Gasteiger partial charge is 0.439 e. The smallest absolute Gasteiger partial charge is 0.259 e. The summed E-state index contributed by atoms with van der Waals surface area (Å²) in [7, 11) is -2.15. The zero-order valence-electron chi connectivity index (χ0n) is 18.4. The molecular formula is C23H20N6O4S. The zero-order valence-corrected chi connectivity index (χ0v) is 19.2. The van der Waals surface area contributed by atoms with Gasteiger partial charge >= 0.3 is 0 Å². The van der Waals surface area contributed by atoms with Crippen LogP contribution in [0.3, 0.4) is 0 Å². The van der Waals surface area contributed by atoms with Crippen LogP contribution in [0.25, 0.3) is 10.9 Å². The third kappa shape index (κ3) is 4.22. The Hall–Kier alpha value is -4.19. The number of dihydropyridines is 1. The van der Waals surface area contributed by atoms with Gasteiger partial charge in [0.05, 0.1) is 40.4 Å². The highest BCUT2D eigenvalue weighted by molar-refractivity contribution is 7.89. The molecule has 0 fully saturated rings. The number of aromatic nitrogens is 2. The second-order valence-electron chi connectivity index (χ2n) is 7.75. The van der Waals surface area contributed by atoms with Crippen LogP contribution in [0.2, 0.25) is 0 Å². The number of aromatic amines is 1. The lowest BCUT2D eigenvalue weighted by Crippen LogP contribution is -2.49. The summed E-state index contributed by atoms with van der Waals surface area (Å²) < 4.78 is 35.1. The summed E-state index contributed by atoms with van der Waals surface area (Å²) in [6.07, 6.45) is 4.70. The molecule has 4 rings (SSSR count). The fourth-order valence-electron chi connectivity index (χ4n) is 3.69. The van der Waals surface area contributed by atoms with Crippen molar-refractivity contribution in [2.24, 2.45) is 12.0 Å². The third-order valence-electron chi connectivity index (χ3n) is 5.48. The predicted molar refractivity (Wildman–Crippen MR) is 126 cm³/mol. The average molecular weight is 477 g/mol. The second-order valence-corrected chi connectivity index (χ2v) is 9.76. The molecule has 0 radical (unpaired) electrons. The second kappa shape index (κ2) is 8.63. The molecule has 34 heavy (non-hydrogen) atoms. The van der Waals surface area contributed by atoms with Gasteiger partial charge < -0.3 is 14.3 Å². The Morgan fingerprint density at radius 1 is 1.26 bits per heavy atom. The monoisotopic (exact) mass is 476 g/mol. The summed E-state index contributed by atoms with van der Waals surface area (Å²) in [5.74, 6) is 0.558. The standard InChI is InChI=1S/C23H20N6O4S/c1-3-34(31,32)28-23(19-13-29(2)22(30)18-10-16(12-25)27-21(18)19)9-8-20(26-14-23)33-17-6-4-15(11-24)5-7-17/h4-10,13,27-28H,3,14H2,1-2H3. The van der Waals surface area contributed by atoms with E-state index >= 15 is 0 Å². The van der Waals surface area contributed by atoms with Crippen molar-refractivity contribution in [3.63, 3.8) is 0 Å². The fraction of sp³-hybridized carbons (Fsp3) is 0.217. The summed E-state index contributed by atoms with van der Waals surface area (Å²) in [5, 5.41) is 18.5. The van der Waals surface area contributed by atoms with Crippen LogP contribution in [0.15, 0.2) is 58.5 Å². The van der Waals surface area contributed by atoms with E-state index in [-0.39, 0.29) is 34.8 Å². The topological polar surface area (TPSA) is 153 Å². The maximum Gasteiger partial charge on any atom is 0.259 e. The molecule has 0 saturated carbocycles. The van der Waals surface area contributed by atoms with Crippen molar-refractivity contribution in [3.8, 4) is 17.9 Å². The molecule has 0 amide bonds. The minimum Gasteiger partial charge on any atom is -0.439 e. The highest BCUT2D eigenvalue weighted by Gasteiger charge is 2.38. The van der Waals surface area contributed by atoms with Crippen LogP contribution in [0.1, 0.15) is 23.7 Å². The maximum atomic E-state index is 12.6. The first-order valence-electron chi connectivity index (χ1n) is 10.3. The van der Waals surface area contributed by atoms with Crippen molar-refractivity contribution in [1.29, 1.82) is 10.5 Å². The van der Waals surface area contributed by atoms with Crippen LogP contribution >= 0.6 is 0 Å². The van der Waals surface area contributed by atoms with Crippen LogP contribution in [0.4, 0.5) is 0 Å². The van der Waals surface area contributed by atoms with Crippen LogP contribution in [-0.4, -0.2) is 36.2 Å². The van der Waals surface area contributed by atoms with Gasteiger partial charge in [-0.1, -0.05) is 6.08 Å². The minimum atomic E-state index is -3.71. The lowest BCUT2D eigenvalue weighted by molar-refractivity contribution is 0.471. The maximum absolute atomic E-state index is 12.6. The van der Waals surface area contributed by atoms with Crippen molar-refractivity contribution in [2.45, 2.75) is 12.5 Å². The molecular weight excluding hydrogens is 456 g/mol. The number of nitrogens with zero attached hydrogens (tertiary/aromatic N) is 4. The van der Waals surface area contributed by atoms with E-state index in [0.29, 0.717) is 22.4 Å². The number of hydrogen-bond donors (Lipinski definition) is 2. The zero-order chi connectivity index (χ0) is 24.5. The van der Waals surface area contributed by atoms with Crippen LogP contribution in [0.5, 0.6) is 5.75 Å². The average Bonchev–Trinajstić information content (AvgIpc) is 3.28. The fourth-order valence-corrected chi connectivity index (χ4v) is 4.63. The van der Waals surface area contributed by atoms with Crippen molar-refractivity contribution in [2.75, 3.05) is 12.3 Å². The normalized spacial score (nSPS) is 17.7. The highest BCUT2D eigenvalue weighted by Crippen LogP contribution is 2.32. The number of sulfonamides is 1. The molecule has 1 atom stereocenters. The summed E-state index contributed by atoms with van der Waals surface area (Å²) in [6, 6.07) is 11.9. The summed E-state index contributed by atoms with van der Waals surface area (Å²) in [4.78, 5) is 20.0. The van der Waals surface area contributed by atoms with Crippen LogP contribution in [0, 0.1) is 22.7 Å². The van der Waals surface area contributed by atoms with E-state index in [9.17, 15) is 18.5 Å². The first kappa shape index (κ1) is 23.0. The molecule has 0 bridgehead atoms. The molecule has 3 aromatic rings. The third-order valence-corrected chi connectivity index (χ3v) is 6.92. The van der Waals surface area contributed by atoms with Crippen molar-refractivity contribution >= 4 is 26.8 Å². The summed E-state index contributed by atoms with van der Waals surface area (Å²) in [5.41, 5.74) is -0.175. The van der Waals surface area contributed by atoms with Gasteiger partial charge in [-0.25, -0.2) is 13.4 Å². The quantitative estimate of drug-likeness (QED) is 0.572. The minimum absolute atomic E-state index is 0.0530. The molecule has 1 aromatic carbocycles. The van der Waals surface area contributed by atoms with Gasteiger partial charge in [-0.3, -0.25) is 4.79 Å². The number of nitrogens with one attached hydrogen (secondary N) is 2. The Kier molecular flexibility index (Phi) is 5.83. The van der Waals surface area contributed by atoms with Gasteiger partial charge in [0.1, 0.15) is 17.5 Å². The molecule has 1 aliphatic rings. The SMILES string of the molecule is CCS(=O)(=O)NC1(c2cn(C)c(=O)c3cc(C#N)[nH]c23)C=CC(Oc2ccc(C#N)cc2)=NC1. The van der Waals surface area contributed by atoms with Crippen molar-refractivity contribution < 1.29 is 13.2 Å². The van der Waals surface area contributed by atoms with E-state index in [0.717, 1.165) is 0 Å². The van der Waals surface area contributed by atoms with Gasteiger partial charge in [-0.05, 0) is 43.3 Å². The number of rotatable bonds is 5. The highest BCUT2D eigenvalue weighted by atomic mass is 32.2. The van der Waals surface area contributed by atoms with Gasteiger partial charge in [-0.15, -0.1) is 0 Å². The Balaban J connectivity index is 1.80. The van der Waals surface area contributed by atoms with Gasteiger partial charge in [0.15, 0.2) is 0 Å². The lowest BCUT2D eigenvalue weighted by Gasteiger charge is -2.33. The number of aryl methyl sites for hydroxylation is 1. The molecule has 10 nitrogen and oxygen atoms in total. The molecule has 2 aromatic heterocycles. The van der Waals surface area contributed by atoms with Crippen molar-refractivity contribution in [1.82, 2.24) is 14.3 Å². The molecule has 3 heterocycles. The van der Waals surface area contributed by atoms with Gasteiger partial charge in [0.25, 0.3) is 5.56 Å². The molecule has 0 aliphatic carbocycles. The van der Waals surface area contributed by atoms with E-state index in [1.54, 1.807) is 43.5 Å². The Morgan fingerprint density at radius 2 is 2.00 bits per heavy atom. The first-order valence-corrected chi connectivity index (χ1v) is 11.9. The molecule has 0 saturated heterocycles. The number of pyridine rings is 1. The number of fused-ring (bicyclic) bond motifs is 1. The number of aliphatic imine (C=N–C) groups is 1. The molecule has 172 valence electrons. The molecule has 11 heteroatoms. The summed E-state index contributed by atoms with van der Waals surface area (Å²) in [6.45, 7) is 1.46. The number of H-pyrrole nitrogens is 1. The van der Waals surface area contributed by atoms with Gasteiger partial charge in [-0.2, -0.15) is 15.2 Å².